The average molecular weight is 267 g/mol. The molecule has 19 heavy (non-hydrogen) atoms. The van der Waals surface area contributed by atoms with Crippen molar-refractivity contribution in [2.75, 3.05) is 13.7 Å². The Morgan fingerprint density at radius 3 is 2.58 bits per heavy atom. The molecule has 0 aliphatic carbocycles. The second kappa shape index (κ2) is 6.63. The van der Waals surface area contributed by atoms with Crippen LogP contribution in [0.5, 0.6) is 11.5 Å². The number of nitrogens with one attached hydrogen (secondary N) is 1. The highest BCUT2D eigenvalue weighted by molar-refractivity contribution is 5.73. The molecule has 6 heteroatoms. The highest BCUT2D eigenvalue weighted by Gasteiger charge is 2.12. The van der Waals surface area contributed by atoms with Crippen LogP contribution in [0.1, 0.15) is 25.5 Å². The van der Waals surface area contributed by atoms with E-state index in [1.54, 1.807) is 18.2 Å². The number of carboxylic acid groups (broad SMARTS) is 1. The van der Waals surface area contributed by atoms with Crippen LogP contribution in [0, 0.1) is 0 Å². The molecular weight excluding hydrogens is 250 g/mol. The Balaban J connectivity index is 2.88. The monoisotopic (exact) mass is 267 g/mol. The predicted octanol–water partition coefficient (Wildman–Crippen LogP) is 1.36. The first-order chi connectivity index (χ1) is 8.93. The molecule has 1 unspecified atom stereocenters. The van der Waals surface area contributed by atoms with Gasteiger partial charge in [0.2, 0.25) is 5.91 Å². The standard InChI is InChI=1S/C13H17NO5/c1-8(14-9(2)15)10-4-5-11(12(6-10)18-3)19-7-13(16)17/h4-6,8H,7H2,1-3H3,(H,14,15)(H,16,17). The summed E-state index contributed by atoms with van der Waals surface area (Å²) in [6.45, 7) is 2.85. The quantitative estimate of drug-likeness (QED) is 0.812. The van der Waals surface area contributed by atoms with Crippen LogP contribution < -0.4 is 14.8 Å². The smallest absolute Gasteiger partial charge is 0.341 e. The van der Waals surface area contributed by atoms with Crippen molar-refractivity contribution < 1.29 is 24.2 Å². The molecule has 6 nitrogen and oxygen atoms in total. The van der Waals surface area contributed by atoms with Gasteiger partial charge in [0.05, 0.1) is 13.2 Å². The van der Waals surface area contributed by atoms with E-state index in [1.165, 1.54) is 14.0 Å². The molecule has 0 spiro atoms. The molecule has 0 aromatic heterocycles. The van der Waals surface area contributed by atoms with Crippen LogP contribution in [-0.4, -0.2) is 30.7 Å². The molecular formula is C13H17NO5. The van der Waals surface area contributed by atoms with Crippen LogP contribution >= 0.6 is 0 Å². The normalized spacial score (nSPS) is 11.5. The van der Waals surface area contributed by atoms with Gasteiger partial charge in [-0.3, -0.25) is 4.79 Å². The number of carbonyl (C=O) groups excluding carboxylic acids is 1. The first kappa shape index (κ1) is 14.8. The Kier molecular flexibility index (Phi) is 5.17. The molecule has 0 saturated heterocycles. The second-order valence-electron chi connectivity index (χ2n) is 4.01. The minimum Gasteiger partial charge on any atom is -0.493 e. The lowest BCUT2D eigenvalue weighted by molar-refractivity contribution is -0.139. The third-order valence-corrected chi connectivity index (χ3v) is 2.46. The average Bonchev–Trinajstić information content (AvgIpc) is 2.35. The van der Waals surface area contributed by atoms with E-state index in [-0.39, 0.29) is 11.9 Å². The maximum absolute atomic E-state index is 11.0. The number of carboxylic acids is 1. The maximum atomic E-state index is 11.0. The zero-order valence-electron chi connectivity index (χ0n) is 11.1. The SMILES string of the molecule is COc1cc(C(C)NC(C)=O)ccc1OCC(=O)O. The summed E-state index contributed by atoms with van der Waals surface area (Å²) in [4.78, 5) is 21.4. The van der Waals surface area contributed by atoms with Crippen molar-refractivity contribution in [1.82, 2.24) is 5.32 Å². The summed E-state index contributed by atoms with van der Waals surface area (Å²) in [7, 11) is 1.47. The van der Waals surface area contributed by atoms with E-state index in [9.17, 15) is 9.59 Å². The largest absolute Gasteiger partial charge is 0.493 e. The van der Waals surface area contributed by atoms with Gasteiger partial charge in [0.15, 0.2) is 18.1 Å². The Morgan fingerprint density at radius 2 is 2.05 bits per heavy atom. The fourth-order valence-corrected chi connectivity index (χ4v) is 1.60. The van der Waals surface area contributed by atoms with Crippen molar-refractivity contribution in [3.63, 3.8) is 0 Å². The number of carbonyl (C=O) groups is 2. The van der Waals surface area contributed by atoms with E-state index in [2.05, 4.69) is 5.32 Å². The molecule has 0 bridgehead atoms. The molecule has 0 radical (unpaired) electrons. The van der Waals surface area contributed by atoms with Crippen molar-refractivity contribution in [2.45, 2.75) is 19.9 Å². The van der Waals surface area contributed by atoms with Gasteiger partial charge in [-0.25, -0.2) is 4.79 Å². The molecule has 0 aliphatic rings. The van der Waals surface area contributed by atoms with Crippen molar-refractivity contribution in [3.8, 4) is 11.5 Å². The van der Waals surface area contributed by atoms with Crippen LogP contribution in [0.25, 0.3) is 0 Å². The number of aliphatic carboxylic acids is 1. The summed E-state index contributed by atoms with van der Waals surface area (Å²) in [6, 6.07) is 4.91. The Morgan fingerprint density at radius 1 is 1.37 bits per heavy atom. The van der Waals surface area contributed by atoms with Gasteiger partial charge in [-0.2, -0.15) is 0 Å². The minimum absolute atomic E-state index is 0.127. The highest BCUT2D eigenvalue weighted by Crippen LogP contribution is 2.30. The summed E-state index contributed by atoms with van der Waals surface area (Å²) in [6.07, 6.45) is 0. The van der Waals surface area contributed by atoms with Crippen molar-refractivity contribution in [2.24, 2.45) is 0 Å². The van der Waals surface area contributed by atoms with Gasteiger partial charge in [-0.1, -0.05) is 6.07 Å². The number of ether oxygens (including phenoxy) is 2. The molecule has 1 aromatic rings. The summed E-state index contributed by atoms with van der Waals surface area (Å²) in [5, 5.41) is 11.3. The van der Waals surface area contributed by atoms with Gasteiger partial charge in [-0.05, 0) is 24.6 Å². The van der Waals surface area contributed by atoms with Crippen molar-refractivity contribution in [1.29, 1.82) is 0 Å². The molecule has 1 amide bonds. The molecule has 1 rings (SSSR count). The number of amides is 1. The molecule has 1 aromatic carbocycles. The molecule has 1 atom stereocenters. The molecule has 0 fully saturated rings. The number of hydrogen-bond acceptors (Lipinski definition) is 4. The van der Waals surface area contributed by atoms with Crippen molar-refractivity contribution >= 4 is 11.9 Å². The zero-order chi connectivity index (χ0) is 14.4. The lowest BCUT2D eigenvalue weighted by Gasteiger charge is -2.16. The van der Waals surface area contributed by atoms with Gasteiger partial charge in [0.25, 0.3) is 0 Å². The summed E-state index contributed by atoms with van der Waals surface area (Å²) in [5.41, 5.74) is 0.842. The Hall–Kier alpha value is -2.24. The fourth-order valence-electron chi connectivity index (χ4n) is 1.60. The molecule has 0 heterocycles. The van der Waals surface area contributed by atoms with E-state index in [0.29, 0.717) is 11.5 Å². The van der Waals surface area contributed by atoms with Gasteiger partial charge in [0.1, 0.15) is 0 Å². The predicted molar refractivity (Wildman–Crippen MR) is 68.4 cm³/mol. The minimum atomic E-state index is -1.06. The third kappa shape index (κ3) is 4.50. The highest BCUT2D eigenvalue weighted by atomic mass is 16.5. The lowest BCUT2D eigenvalue weighted by Crippen LogP contribution is -2.23. The number of rotatable bonds is 6. The topological polar surface area (TPSA) is 84.9 Å². The maximum Gasteiger partial charge on any atom is 0.341 e. The Labute approximate surface area is 111 Å². The van der Waals surface area contributed by atoms with Crippen LogP contribution in [0.2, 0.25) is 0 Å². The molecule has 2 N–H and O–H groups in total. The first-order valence-electron chi connectivity index (χ1n) is 5.73. The summed E-state index contributed by atoms with van der Waals surface area (Å²) < 4.78 is 10.2. The second-order valence-corrected chi connectivity index (χ2v) is 4.01. The van der Waals surface area contributed by atoms with Gasteiger partial charge in [-0.15, -0.1) is 0 Å². The van der Waals surface area contributed by atoms with Crippen molar-refractivity contribution in [3.05, 3.63) is 23.8 Å². The number of hydrogen-bond donors (Lipinski definition) is 2. The van der Waals surface area contributed by atoms with E-state index in [0.717, 1.165) is 5.56 Å². The van der Waals surface area contributed by atoms with E-state index < -0.39 is 12.6 Å². The van der Waals surface area contributed by atoms with Crippen LogP contribution in [0.15, 0.2) is 18.2 Å². The van der Waals surface area contributed by atoms with Crippen LogP contribution in [-0.2, 0) is 9.59 Å². The third-order valence-electron chi connectivity index (χ3n) is 2.46. The van der Waals surface area contributed by atoms with E-state index >= 15 is 0 Å². The fraction of sp³-hybridized carbons (Fsp3) is 0.385. The van der Waals surface area contributed by atoms with Crippen LogP contribution in [0.4, 0.5) is 0 Å². The van der Waals surface area contributed by atoms with E-state index in [4.69, 9.17) is 14.6 Å². The molecule has 0 aliphatic heterocycles. The summed E-state index contributed by atoms with van der Waals surface area (Å²) in [5.74, 6) is -0.407. The number of methoxy groups -OCH3 is 1. The zero-order valence-corrected chi connectivity index (χ0v) is 11.1. The molecule has 104 valence electrons. The van der Waals surface area contributed by atoms with E-state index in [1.807, 2.05) is 6.92 Å². The Bertz CT molecular complexity index is 472. The summed E-state index contributed by atoms with van der Waals surface area (Å²) >= 11 is 0. The number of benzene rings is 1. The molecule has 0 saturated carbocycles. The van der Waals surface area contributed by atoms with Gasteiger partial charge in [0, 0.05) is 6.92 Å². The first-order valence-corrected chi connectivity index (χ1v) is 5.73. The lowest BCUT2D eigenvalue weighted by atomic mass is 10.1. The van der Waals surface area contributed by atoms with Gasteiger partial charge < -0.3 is 19.9 Å². The van der Waals surface area contributed by atoms with Gasteiger partial charge >= 0.3 is 5.97 Å². The van der Waals surface area contributed by atoms with Crippen LogP contribution in [0.3, 0.4) is 0 Å².